The molecule has 3 aromatic rings. The third kappa shape index (κ3) is 2.97. The highest BCUT2D eigenvalue weighted by Gasteiger charge is 2.29. The molecule has 0 aliphatic heterocycles. The molecule has 6 heteroatoms. The standard InChI is InChI=1S/C15H14ClN3S2/c16-14-12-4-6-21-15(12)18-13(17-14)8-19(11-1-2-11)7-10-3-5-20-9-10/h3-6,9,11H,1-2,7-8H2. The Morgan fingerprint density at radius 1 is 1.19 bits per heavy atom. The first-order chi connectivity index (χ1) is 10.3. The van der Waals surface area contributed by atoms with Gasteiger partial charge in [0.25, 0.3) is 0 Å². The largest absolute Gasteiger partial charge is 0.289 e. The molecule has 0 unspecified atom stereocenters. The zero-order valence-corrected chi connectivity index (χ0v) is 13.7. The SMILES string of the molecule is Clc1nc(CN(Cc2ccsc2)C2CC2)nc2sccc12. The van der Waals surface area contributed by atoms with E-state index < -0.39 is 0 Å². The number of rotatable bonds is 5. The predicted molar refractivity (Wildman–Crippen MR) is 89.0 cm³/mol. The summed E-state index contributed by atoms with van der Waals surface area (Å²) < 4.78 is 0. The summed E-state index contributed by atoms with van der Waals surface area (Å²) in [6.45, 7) is 1.74. The van der Waals surface area contributed by atoms with Crippen molar-refractivity contribution in [1.29, 1.82) is 0 Å². The average Bonchev–Trinajstić information content (AvgIpc) is 2.98. The minimum absolute atomic E-state index is 0.572. The summed E-state index contributed by atoms with van der Waals surface area (Å²) in [6, 6.07) is 4.85. The first kappa shape index (κ1) is 13.6. The summed E-state index contributed by atoms with van der Waals surface area (Å²) in [5.41, 5.74) is 1.37. The van der Waals surface area contributed by atoms with E-state index in [2.05, 4.69) is 31.7 Å². The molecular weight excluding hydrogens is 322 g/mol. The Labute approximate surface area is 136 Å². The van der Waals surface area contributed by atoms with E-state index in [0.717, 1.165) is 29.1 Å². The lowest BCUT2D eigenvalue weighted by molar-refractivity contribution is 0.240. The van der Waals surface area contributed by atoms with E-state index in [1.807, 2.05) is 11.4 Å². The fourth-order valence-electron chi connectivity index (χ4n) is 2.48. The van der Waals surface area contributed by atoms with Crippen molar-refractivity contribution in [3.05, 3.63) is 44.8 Å². The molecule has 0 bridgehead atoms. The van der Waals surface area contributed by atoms with E-state index in [1.165, 1.54) is 18.4 Å². The summed E-state index contributed by atoms with van der Waals surface area (Å²) >= 11 is 9.63. The molecule has 0 aromatic carbocycles. The quantitative estimate of drug-likeness (QED) is 0.639. The molecule has 1 aliphatic carbocycles. The normalized spacial score (nSPS) is 15.1. The van der Waals surface area contributed by atoms with Crippen molar-refractivity contribution in [2.75, 3.05) is 0 Å². The van der Waals surface area contributed by atoms with Gasteiger partial charge < -0.3 is 0 Å². The molecule has 0 atom stereocenters. The van der Waals surface area contributed by atoms with Crippen LogP contribution >= 0.6 is 34.3 Å². The Hall–Kier alpha value is -1.01. The molecule has 3 nitrogen and oxygen atoms in total. The van der Waals surface area contributed by atoms with Crippen LogP contribution in [0, 0.1) is 0 Å². The summed E-state index contributed by atoms with van der Waals surface area (Å²) in [5.74, 6) is 0.831. The van der Waals surface area contributed by atoms with E-state index >= 15 is 0 Å². The van der Waals surface area contributed by atoms with Crippen LogP contribution in [-0.2, 0) is 13.1 Å². The van der Waals surface area contributed by atoms with Crippen molar-refractivity contribution >= 4 is 44.5 Å². The molecule has 1 aliphatic rings. The van der Waals surface area contributed by atoms with Crippen molar-refractivity contribution in [2.24, 2.45) is 0 Å². The third-order valence-electron chi connectivity index (χ3n) is 3.70. The van der Waals surface area contributed by atoms with Crippen LogP contribution in [0.1, 0.15) is 24.2 Å². The molecule has 0 radical (unpaired) electrons. The number of nitrogens with zero attached hydrogens (tertiary/aromatic N) is 3. The second kappa shape index (κ2) is 5.65. The van der Waals surface area contributed by atoms with Gasteiger partial charge in [-0.3, -0.25) is 4.90 Å². The maximum absolute atomic E-state index is 6.26. The van der Waals surface area contributed by atoms with E-state index in [9.17, 15) is 0 Å². The van der Waals surface area contributed by atoms with Crippen LogP contribution in [0.15, 0.2) is 28.3 Å². The minimum Gasteiger partial charge on any atom is -0.289 e. The van der Waals surface area contributed by atoms with Gasteiger partial charge in [-0.25, -0.2) is 9.97 Å². The predicted octanol–water partition coefficient (Wildman–Crippen LogP) is 4.57. The Morgan fingerprint density at radius 2 is 2.10 bits per heavy atom. The Kier molecular flexibility index (Phi) is 3.67. The van der Waals surface area contributed by atoms with Gasteiger partial charge in [-0.15, -0.1) is 11.3 Å². The number of halogens is 1. The monoisotopic (exact) mass is 335 g/mol. The highest BCUT2D eigenvalue weighted by atomic mass is 35.5. The Morgan fingerprint density at radius 3 is 2.86 bits per heavy atom. The maximum Gasteiger partial charge on any atom is 0.145 e. The van der Waals surface area contributed by atoms with Gasteiger partial charge >= 0.3 is 0 Å². The van der Waals surface area contributed by atoms with Crippen molar-refractivity contribution < 1.29 is 0 Å². The first-order valence-corrected chi connectivity index (χ1v) is 9.14. The smallest absolute Gasteiger partial charge is 0.145 e. The topological polar surface area (TPSA) is 29.0 Å². The minimum atomic E-state index is 0.572. The fraction of sp³-hybridized carbons (Fsp3) is 0.333. The van der Waals surface area contributed by atoms with Crippen LogP contribution in [-0.4, -0.2) is 20.9 Å². The number of thiophene rings is 2. The highest BCUT2D eigenvalue weighted by molar-refractivity contribution is 7.16. The highest BCUT2D eigenvalue weighted by Crippen LogP contribution is 2.31. The molecule has 0 spiro atoms. The van der Waals surface area contributed by atoms with Gasteiger partial charge in [-0.2, -0.15) is 11.3 Å². The molecule has 3 aromatic heterocycles. The van der Waals surface area contributed by atoms with Crippen LogP contribution in [0.5, 0.6) is 0 Å². The molecule has 0 saturated heterocycles. The van der Waals surface area contributed by atoms with E-state index in [1.54, 1.807) is 22.7 Å². The van der Waals surface area contributed by atoms with E-state index in [4.69, 9.17) is 11.6 Å². The fourth-order valence-corrected chi connectivity index (χ4v) is 4.23. The van der Waals surface area contributed by atoms with Gasteiger partial charge in [0.1, 0.15) is 15.8 Å². The van der Waals surface area contributed by atoms with Crippen LogP contribution in [0.2, 0.25) is 5.15 Å². The van der Waals surface area contributed by atoms with Crippen LogP contribution < -0.4 is 0 Å². The van der Waals surface area contributed by atoms with Gasteiger partial charge in [0.05, 0.1) is 6.54 Å². The number of fused-ring (bicyclic) bond motifs is 1. The lowest BCUT2D eigenvalue weighted by atomic mass is 10.3. The van der Waals surface area contributed by atoms with E-state index in [-0.39, 0.29) is 0 Å². The number of hydrogen-bond donors (Lipinski definition) is 0. The molecule has 108 valence electrons. The molecular formula is C15H14ClN3S2. The molecule has 3 heterocycles. The molecule has 1 fully saturated rings. The van der Waals surface area contributed by atoms with Crippen LogP contribution in [0.4, 0.5) is 0 Å². The van der Waals surface area contributed by atoms with Gasteiger partial charge in [0.2, 0.25) is 0 Å². The van der Waals surface area contributed by atoms with Crippen molar-refractivity contribution in [3.63, 3.8) is 0 Å². The second-order valence-corrected chi connectivity index (χ2v) is 7.37. The molecule has 0 N–H and O–H groups in total. The van der Waals surface area contributed by atoms with Gasteiger partial charge in [0, 0.05) is 18.0 Å². The molecule has 0 amide bonds. The zero-order valence-electron chi connectivity index (χ0n) is 11.3. The van der Waals surface area contributed by atoms with Gasteiger partial charge in [-0.1, -0.05) is 11.6 Å². The summed E-state index contributed by atoms with van der Waals surface area (Å²) in [6.07, 6.45) is 2.55. The van der Waals surface area contributed by atoms with Crippen molar-refractivity contribution in [1.82, 2.24) is 14.9 Å². The lowest BCUT2D eigenvalue weighted by Gasteiger charge is -2.20. The Bertz CT molecular complexity index is 749. The summed E-state index contributed by atoms with van der Waals surface area (Å²) in [5, 5.41) is 7.89. The third-order valence-corrected chi connectivity index (χ3v) is 5.53. The molecule has 21 heavy (non-hydrogen) atoms. The van der Waals surface area contributed by atoms with Crippen LogP contribution in [0.25, 0.3) is 10.2 Å². The molecule has 4 rings (SSSR count). The Balaban J connectivity index is 1.58. The number of aromatic nitrogens is 2. The van der Waals surface area contributed by atoms with Crippen molar-refractivity contribution in [2.45, 2.75) is 32.0 Å². The lowest BCUT2D eigenvalue weighted by Crippen LogP contribution is -2.26. The second-order valence-electron chi connectivity index (χ2n) is 5.34. The van der Waals surface area contributed by atoms with Gasteiger partial charge in [0.15, 0.2) is 0 Å². The number of hydrogen-bond acceptors (Lipinski definition) is 5. The van der Waals surface area contributed by atoms with Gasteiger partial charge in [-0.05, 0) is 46.7 Å². The van der Waals surface area contributed by atoms with Crippen molar-refractivity contribution in [3.8, 4) is 0 Å². The first-order valence-electron chi connectivity index (χ1n) is 6.94. The summed E-state index contributed by atoms with van der Waals surface area (Å²) in [7, 11) is 0. The van der Waals surface area contributed by atoms with Crippen LogP contribution in [0.3, 0.4) is 0 Å². The van der Waals surface area contributed by atoms with E-state index in [0.29, 0.717) is 11.2 Å². The summed E-state index contributed by atoms with van der Waals surface area (Å²) in [4.78, 5) is 12.6. The average molecular weight is 336 g/mol. The zero-order chi connectivity index (χ0) is 14.2. The maximum atomic E-state index is 6.26. The molecule has 1 saturated carbocycles.